The number of unbranched alkanes of at least 4 members (excludes halogenated alkanes) is 1. The number of nitrogens with zero attached hydrogens (tertiary/aromatic N) is 1. The first-order valence-corrected chi connectivity index (χ1v) is 11.1. The summed E-state index contributed by atoms with van der Waals surface area (Å²) in [6, 6.07) is 15.2. The van der Waals surface area contributed by atoms with Gasteiger partial charge in [0.15, 0.2) is 9.84 Å². The minimum Gasteiger partial charge on any atom is -0.395 e. The fourth-order valence-electron chi connectivity index (χ4n) is 2.82. The summed E-state index contributed by atoms with van der Waals surface area (Å²) in [5.74, 6) is 0.204. The Morgan fingerprint density at radius 3 is 1.96 bits per heavy atom. The summed E-state index contributed by atoms with van der Waals surface area (Å²) in [6.07, 6.45) is 5.54. The van der Waals surface area contributed by atoms with Gasteiger partial charge in [0.1, 0.15) is 0 Å². The van der Waals surface area contributed by atoms with Crippen LogP contribution in [-0.4, -0.2) is 39.0 Å². The maximum atomic E-state index is 12.2. The molecule has 0 bridgehead atoms. The van der Waals surface area contributed by atoms with Crippen LogP contribution in [0.2, 0.25) is 0 Å². The summed E-state index contributed by atoms with van der Waals surface area (Å²) in [5.41, 5.74) is 3.12. The van der Waals surface area contributed by atoms with Crippen LogP contribution < -0.4 is 4.90 Å². The van der Waals surface area contributed by atoms with Crippen molar-refractivity contribution >= 4 is 27.7 Å². The molecule has 0 aliphatic heterocycles. The van der Waals surface area contributed by atoms with E-state index in [1.807, 2.05) is 55.5 Å². The van der Waals surface area contributed by atoms with Gasteiger partial charge >= 0.3 is 0 Å². The minimum absolute atomic E-state index is 0.139. The normalized spacial score (nSPS) is 11.8. The molecule has 0 spiro atoms. The van der Waals surface area contributed by atoms with Gasteiger partial charge < -0.3 is 10.0 Å². The van der Waals surface area contributed by atoms with Crippen molar-refractivity contribution in [1.29, 1.82) is 0 Å². The molecule has 0 atom stereocenters. The molecule has 146 valence electrons. The van der Waals surface area contributed by atoms with E-state index in [2.05, 4.69) is 11.8 Å². The Morgan fingerprint density at radius 2 is 1.48 bits per heavy atom. The van der Waals surface area contributed by atoms with Crippen molar-refractivity contribution in [3.8, 4) is 0 Å². The van der Waals surface area contributed by atoms with Crippen molar-refractivity contribution in [2.75, 3.05) is 30.3 Å². The first-order valence-electron chi connectivity index (χ1n) is 9.47. The van der Waals surface area contributed by atoms with E-state index in [0.29, 0.717) is 17.9 Å². The third-order valence-electron chi connectivity index (χ3n) is 4.48. The number of likely N-dealkylation sites (N-methyl/N-ethyl adjacent to an activating group) is 1. The van der Waals surface area contributed by atoms with Crippen LogP contribution in [-0.2, 0) is 9.84 Å². The molecule has 0 saturated heterocycles. The highest BCUT2D eigenvalue weighted by atomic mass is 32.2. The molecule has 4 nitrogen and oxygen atoms in total. The number of sulfone groups is 1. The lowest BCUT2D eigenvalue weighted by Crippen LogP contribution is -2.25. The van der Waals surface area contributed by atoms with Crippen LogP contribution in [0.25, 0.3) is 12.2 Å². The Hall–Kier alpha value is -2.11. The van der Waals surface area contributed by atoms with Crippen molar-refractivity contribution in [1.82, 2.24) is 0 Å². The third-order valence-corrected chi connectivity index (χ3v) is 6.30. The van der Waals surface area contributed by atoms with E-state index in [9.17, 15) is 8.42 Å². The topological polar surface area (TPSA) is 57.6 Å². The molecule has 0 aliphatic rings. The largest absolute Gasteiger partial charge is 0.395 e. The molecule has 5 heteroatoms. The van der Waals surface area contributed by atoms with Gasteiger partial charge in [0, 0.05) is 18.8 Å². The maximum absolute atomic E-state index is 12.2. The second-order valence-electron chi connectivity index (χ2n) is 6.47. The van der Waals surface area contributed by atoms with Gasteiger partial charge in [0.05, 0.1) is 17.3 Å². The van der Waals surface area contributed by atoms with Gasteiger partial charge in [-0.2, -0.15) is 0 Å². The van der Waals surface area contributed by atoms with E-state index in [-0.39, 0.29) is 12.4 Å². The molecule has 0 heterocycles. The van der Waals surface area contributed by atoms with Crippen molar-refractivity contribution in [3.63, 3.8) is 0 Å². The van der Waals surface area contributed by atoms with Gasteiger partial charge in [-0.15, -0.1) is 0 Å². The lowest BCUT2D eigenvalue weighted by atomic mass is 10.1. The monoisotopic (exact) mass is 387 g/mol. The molecule has 27 heavy (non-hydrogen) atoms. The molecule has 0 aliphatic carbocycles. The molecular formula is C22H29NO3S. The van der Waals surface area contributed by atoms with E-state index in [0.717, 1.165) is 29.8 Å². The fourth-order valence-corrected chi connectivity index (χ4v) is 4.27. The Labute approximate surface area is 163 Å². The fraction of sp³-hybridized carbons (Fsp3) is 0.364. The van der Waals surface area contributed by atoms with Gasteiger partial charge in [0.25, 0.3) is 0 Å². The van der Waals surface area contributed by atoms with Crippen LogP contribution in [0.1, 0.15) is 37.8 Å². The molecule has 0 aromatic heterocycles. The zero-order valence-corrected chi connectivity index (χ0v) is 17.0. The summed E-state index contributed by atoms with van der Waals surface area (Å²) in [5, 5.41) is 9.12. The summed E-state index contributed by atoms with van der Waals surface area (Å²) < 4.78 is 24.4. The molecule has 2 rings (SSSR count). The molecule has 1 N–H and O–H groups in total. The van der Waals surface area contributed by atoms with Crippen molar-refractivity contribution in [2.45, 2.75) is 31.6 Å². The Balaban J connectivity index is 2.05. The predicted molar refractivity (Wildman–Crippen MR) is 114 cm³/mol. The highest BCUT2D eigenvalue weighted by Gasteiger charge is 2.12. The average Bonchev–Trinajstić information content (AvgIpc) is 2.70. The number of anilines is 1. The smallest absolute Gasteiger partial charge is 0.178 e. The molecule has 0 radical (unpaired) electrons. The number of hydrogen-bond acceptors (Lipinski definition) is 4. The van der Waals surface area contributed by atoms with Gasteiger partial charge in [-0.25, -0.2) is 8.42 Å². The number of rotatable bonds is 10. The van der Waals surface area contributed by atoms with Gasteiger partial charge in [-0.05, 0) is 48.7 Å². The van der Waals surface area contributed by atoms with E-state index in [1.54, 1.807) is 12.1 Å². The van der Waals surface area contributed by atoms with Crippen LogP contribution in [0.5, 0.6) is 0 Å². The Bertz CT molecular complexity index is 825. The number of aliphatic hydroxyl groups excluding tert-OH is 1. The van der Waals surface area contributed by atoms with Crippen LogP contribution >= 0.6 is 0 Å². The quantitative estimate of drug-likeness (QED) is 0.619. The van der Waals surface area contributed by atoms with Crippen LogP contribution in [0.15, 0.2) is 53.4 Å². The molecular weight excluding hydrogens is 358 g/mol. The standard InChI is InChI=1S/C22H29NO3S/c1-3-5-18-27(25,26)22-14-10-20(11-15-22)7-6-19-8-12-21(13-9-19)23(4-2)16-17-24/h6-15,24H,3-5,16-18H2,1-2H3/b7-6+. The first-order chi connectivity index (χ1) is 13.0. The van der Waals surface area contributed by atoms with Crippen LogP contribution in [0.3, 0.4) is 0 Å². The van der Waals surface area contributed by atoms with Crippen LogP contribution in [0, 0.1) is 0 Å². The lowest BCUT2D eigenvalue weighted by Gasteiger charge is -2.21. The predicted octanol–water partition coefficient (Wildman–Crippen LogP) is 4.25. The average molecular weight is 388 g/mol. The van der Waals surface area contributed by atoms with Crippen molar-refractivity contribution in [2.24, 2.45) is 0 Å². The molecule has 2 aromatic rings. The zero-order valence-electron chi connectivity index (χ0n) is 16.1. The van der Waals surface area contributed by atoms with E-state index in [1.165, 1.54) is 0 Å². The van der Waals surface area contributed by atoms with E-state index in [4.69, 9.17) is 5.11 Å². The Kier molecular flexibility index (Phi) is 8.07. The summed E-state index contributed by atoms with van der Waals surface area (Å²) in [7, 11) is -3.17. The number of benzene rings is 2. The maximum Gasteiger partial charge on any atom is 0.178 e. The minimum atomic E-state index is -3.17. The Morgan fingerprint density at radius 1 is 0.926 bits per heavy atom. The number of aliphatic hydroxyl groups is 1. The zero-order chi connectivity index (χ0) is 19.7. The lowest BCUT2D eigenvalue weighted by molar-refractivity contribution is 0.302. The summed E-state index contributed by atoms with van der Waals surface area (Å²) in [6.45, 7) is 5.67. The highest BCUT2D eigenvalue weighted by Crippen LogP contribution is 2.18. The van der Waals surface area contributed by atoms with Crippen molar-refractivity contribution in [3.05, 3.63) is 59.7 Å². The van der Waals surface area contributed by atoms with Gasteiger partial charge in [-0.3, -0.25) is 0 Å². The van der Waals surface area contributed by atoms with Gasteiger partial charge in [-0.1, -0.05) is 49.8 Å². The number of hydrogen-bond donors (Lipinski definition) is 1. The summed E-state index contributed by atoms with van der Waals surface area (Å²) >= 11 is 0. The second-order valence-corrected chi connectivity index (χ2v) is 8.58. The summed E-state index contributed by atoms with van der Waals surface area (Å²) in [4.78, 5) is 2.51. The molecule has 0 fully saturated rings. The molecule has 2 aromatic carbocycles. The molecule has 0 amide bonds. The van der Waals surface area contributed by atoms with Crippen molar-refractivity contribution < 1.29 is 13.5 Å². The van der Waals surface area contributed by atoms with E-state index >= 15 is 0 Å². The second kappa shape index (κ2) is 10.3. The van der Waals surface area contributed by atoms with E-state index < -0.39 is 9.84 Å². The van der Waals surface area contributed by atoms with Gasteiger partial charge in [0.2, 0.25) is 0 Å². The molecule has 0 saturated carbocycles. The molecule has 0 unspecified atom stereocenters. The third kappa shape index (κ3) is 6.22. The van der Waals surface area contributed by atoms with Crippen LogP contribution in [0.4, 0.5) is 5.69 Å². The highest BCUT2D eigenvalue weighted by molar-refractivity contribution is 7.91. The first kappa shape index (κ1) is 21.2. The SMILES string of the molecule is CCCCS(=O)(=O)c1ccc(/C=C/c2ccc(N(CC)CCO)cc2)cc1.